The summed E-state index contributed by atoms with van der Waals surface area (Å²) in [4.78, 5) is -0.00952. The van der Waals surface area contributed by atoms with Gasteiger partial charge in [0.05, 0.1) is 12.7 Å². The molecule has 1 aromatic carbocycles. The maximum absolute atomic E-state index is 9.56. The van der Waals surface area contributed by atoms with Gasteiger partial charge in [-0.2, -0.15) is 5.26 Å². The number of benzene rings is 1. The van der Waals surface area contributed by atoms with Crippen LogP contribution in [-0.2, 0) is 0 Å². The van der Waals surface area contributed by atoms with E-state index in [1.165, 1.54) is 19.3 Å². The van der Waals surface area contributed by atoms with Gasteiger partial charge in [-0.1, -0.05) is 12.2 Å². The van der Waals surface area contributed by atoms with Crippen molar-refractivity contribution in [2.75, 3.05) is 7.11 Å². The summed E-state index contributed by atoms with van der Waals surface area (Å²) in [7, 11) is 1.51. The Morgan fingerprint density at radius 1 is 1.62 bits per heavy atom. The number of hydrogen-bond donors (Lipinski definition) is 2. The number of phenols is 1. The first-order valence-electron chi connectivity index (χ1n) is 4.37. The fraction of sp³-hybridized carbons (Fsp3) is 0.0909. The van der Waals surface area contributed by atoms with Crippen molar-refractivity contribution in [3.63, 3.8) is 0 Å². The van der Waals surface area contributed by atoms with Crippen LogP contribution in [0.4, 0.5) is 0 Å². The number of methoxy groups -OCH3 is 1. The molecule has 0 atom stereocenters. The Morgan fingerprint density at radius 3 is 2.81 bits per heavy atom. The summed E-state index contributed by atoms with van der Waals surface area (Å²) in [6, 6.07) is 6.53. The molecule has 4 nitrogen and oxygen atoms in total. The zero-order chi connectivity index (χ0) is 12.1. The molecule has 0 aromatic heterocycles. The van der Waals surface area contributed by atoms with E-state index in [1.54, 1.807) is 12.1 Å². The third-order valence-corrected chi connectivity index (χ3v) is 2.14. The molecule has 1 aromatic rings. The van der Waals surface area contributed by atoms with Crippen molar-refractivity contribution in [2.24, 2.45) is 5.73 Å². The van der Waals surface area contributed by atoms with Crippen LogP contribution in [0.1, 0.15) is 5.56 Å². The van der Waals surface area contributed by atoms with Gasteiger partial charge in [0.1, 0.15) is 22.6 Å². The minimum absolute atomic E-state index is 0.00952. The smallest absolute Gasteiger partial charge is 0.123 e. The number of rotatable bonds is 3. The molecule has 0 radical (unpaired) electrons. The highest BCUT2D eigenvalue weighted by atomic mass is 32.1. The average molecular weight is 234 g/mol. The van der Waals surface area contributed by atoms with Crippen LogP contribution < -0.4 is 10.5 Å². The van der Waals surface area contributed by atoms with Gasteiger partial charge in [-0.05, 0) is 24.3 Å². The Morgan fingerprint density at radius 2 is 2.31 bits per heavy atom. The molecule has 1 rings (SSSR count). The molecule has 0 aliphatic carbocycles. The second-order valence-electron chi connectivity index (χ2n) is 2.96. The summed E-state index contributed by atoms with van der Waals surface area (Å²) >= 11 is 4.69. The minimum atomic E-state index is -0.00952. The third-order valence-electron chi connectivity index (χ3n) is 1.92. The molecule has 0 bridgehead atoms. The summed E-state index contributed by atoms with van der Waals surface area (Å²) in [5.41, 5.74) is 5.91. The first-order valence-corrected chi connectivity index (χ1v) is 4.78. The SMILES string of the molecule is COc1ccc(O)c(/C=C(\C#N)C(N)=S)c1. The number of thiocarbonyl (C=S) groups is 1. The fourth-order valence-electron chi connectivity index (χ4n) is 1.09. The lowest BCUT2D eigenvalue weighted by Gasteiger charge is -2.04. The summed E-state index contributed by atoms with van der Waals surface area (Å²) in [6.45, 7) is 0. The van der Waals surface area contributed by atoms with Crippen LogP contribution in [0.3, 0.4) is 0 Å². The molecule has 0 unspecified atom stereocenters. The second-order valence-corrected chi connectivity index (χ2v) is 3.40. The van der Waals surface area contributed by atoms with Crippen LogP contribution in [0.2, 0.25) is 0 Å². The van der Waals surface area contributed by atoms with Gasteiger partial charge >= 0.3 is 0 Å². The number of nitrogens with zero attached hydrogens (tertiary/aromatic N) is 1. The highest BCUT2D eigenvalue weighted by molar-refractivity contribution is 7.80. The number of nitriles is 1. The Hall–Kier alpha value is -2.06. The van der Waals surface area contributed by atoms with Crippen molar-refractivity contribution in [3.05, 3.63) is 29.3 Å². The van der Waals surface area contributed by atoms with E-state index in [0.29, 0.717) is 11.3 Å². The summed E-state index contributed by atoms with van der Waals surface area (Å²) in [5, 5.41) is 18.3. The lowest BCUT2D eigenvalue weighted by atomic mass is 10.1. The predicted molar refractivity (Wildman–Crippen MR) is 65.0 cm³/mol. The van der Waals surface area contributed by atoms with E-state index in [2.05, 4.69) is 0 Å². The standard InChI is InChI=1S/C11H10N2O2S/c1-15-9-2-3-10(14)7(5-9)4-8(6-12)11(13)16/h2-5,14H,1H3,(H2,13,16)/b8-4+. The molecule has 0 spiro atoms. The van der Waals surface area contributed by atoms with Crippen LogP contribution in [0, 0.1) is 11.3 Å². The monoisotopic (exact) mass is 234 g/mol. The molecule has 82 valence electrons. The summed E-state index contributed by atoms with van der Waals surface area (Å²) in [6.07, 6.45) is 1.42. The van der Waals surface area contributed by atoms with Crippen LogP contribution >= 0.6 is 12.2 Å². The van der Waals surface area contributed by atoms with Gasteiger partial charge in [0.15, 0.2) is 0 Å². The Balaban J connectivity index is 3.23. The topological polar surface area (TPSA) is 79.3 Å². The molecule has 0 saturated carbocycles. The highest BCUT2D eigenvalue weighted by Crippen LogP contribution is 2.24. The van der Waals surface area contributed by atoms with E-state index < -0.39 is 0 Å². The van der Waals surface area contributed by atoms with Crippen molar-refractivity contribution in [1.29, 1.82) is 5.26 Å². The van der Waals surface area contributed by atoms with E-state index >= 15 is 0 Å². The van der Waals surface area contributed by atoms with Crippen molar-refractivity contribution in [2.45, 2.75) is 0 Å². The van der Waals surface area contributed by atoms with Gasteiger partial charge in [0, 0.05) is 5.56 Å². The lowest BCUT2D eigenvalue weighted by molar-refractivity contribution is 0.412. The zero-order valence-electron chi connectivity index (χ0n) is 8.60. The zero-order valence-corrected chi connectivity index (χ0v) is 9.41. The first-order chi connectivity index (χ1) is 7.58. The molecule has 3 N–H and O–H groups in total. The fourth-order valence-corrected chi connectivity index (χ4v) is 1.19. The van der Waals surface area contributed by atoms with Crippen LogP contribution in [0.5, 0.6) is 11.5 Å². The van der Waals surface area contributed by atoms with Gasteiger partial charge in [-0.3, -0.25) is 0 Å². The van der Waals surface area contributed by atoms with Crippen molar-refractivity contribution < 1.29 is 9.84 Å². The Labute approximate surface area is 98.6 Å². The van der Waals surface area contributed by atoms with E-state index in [9.17, 15) is 5.11 Å². The molecule has 5 heteroatoms. The molecule has 0 amide bonds. The van der Waals surface area contributed by atoms with E-state index in [4.69, 9.17) is 28.0 Å². The van der Waals surface area contributed by atoms with Gasteiger partial charge in [0.25, 0.3) is 0 Å². The number of aromatic hydroxyl groups is 1. The largest absolute Gasteiger partial charge is 0.507 e. The van der Waals surface area contributed by atoms with E-state index in [0.717, 1.165) is 0 Å². The lowest BCUT2D eigenvalue weighted by Crippen LogP contribution is -2.09. The van der Waals surface area contributed by atoms with Gasteiger partial charge in [-0.15, -0.1) is 0 Å². The number of nitrogens with two attached hydrogens (primary N) is 1. The first kappa shape index (κ1) is 12.0. The van der Waals surface area contributed by atoms with Crippen molar-refractivity contribution in [1.82, 2.24) is 0 Å². The summed E-state index contributed by atoms with van der Waals surface area (Å²) in [5.74, 6) is 0.606. The maximum Gasteiger partial charge on any atom is 0.123 e. The van der Waals surface area contributed by atoms with E-state index in [1.807, 2.05) is 6.07 Å². The number of phenolic OH excluding ortho intramolecular Hbond substituents is 1. The van der Waals surface area contributed by atoms with Gasteiger partial charge in [0.2, 0.25) is 0 Å². The number of hydrogen-bond acceptors (Lipinski definition) is 4. The van der Waals surface area contributed by atoms with Gasteiger partial charge in [-0.25, -0.2) is 0 Å². The average Bonchev–Trinajstić information content (AvgIpc) is 2.27. The molecular formula is C11H10N2O2S. The van der Waals surface area contributed by atoms with Crippen LogP contribution in [0.15, 0.2) is 23.8 Å². The maximum atomic E-state index is 9.56. The molecule has 0 heterocycles. The Bertz CT molecular complexity index is 489. The van der Waals surface area contributed by atoms with Gasteiger partial charge < -0.3 is 15.6 Å². The van der Waals surface area contributed by atoms with E-state index in [-0.39, 0.29) is 16.3 Å². The quantitative estimate of drug-likeness (QED) is 0.471. The minimum Gasteiger partial charge on any atom is -0.507 e. The second kappa shape index (κ2) is 5.14. The summed E-state index contributed by atoms with van der Waals surface area (Å²) < 4.78 is 5.00. The molecule has 0 fully saturated rings. The normalized spacial score (nSPS) is 10.6. The Kier molecular flexibility index (Phi) is 3.86. The molecular weight excluding hydrogens is 224 g/mol. The highest BCUT2D eigenvalue weighted by Gasteiger charge is 2.04. The van der Waals surface area contributed by atoms with Crippen molar-refractivity contribution >= 4 is 23.3 Å². The number of ether oxygens (including phenoxy) is 1. The van der Waals surface area contributed by atoms with Crippen molar-refractivity contribution in [3.8, 4) is 17.6 Å². The predicted octanol–water partition coefficient (Wildman–Crippen LogP) is 1.59. The van der Waals surface area contributed by atoms with Crippen LogP contribution in [0.25, 0.3) is 6.08 Å². The van der Waals surface area contributed by atoms with Crippen LogP contribution in [-0.4, -0.2) is 17.2 Å². The third kappa shape index (κ3) is 2.72. The molecule has 0 aliphatic rings. The molecule has 0 saturated heterocycles. The molecule has 0 aliphatic heterocycles. The molecule has 16 heavy (non-hydrogen) atoms.